The van der Waals surface area contributed by atoms with Gasteiger partial charge in [-0.05, 0) is 30.9 Å². The van der Waals surface area contributed by atoms with Gasteiger partial charge in [0.15, 0.2) is 0 Å². The molecule has 2 aromatic rings. The topological polar surface area (TPSA) is 106 Å². The molecule has 1 aliphatic heterocycles. The Morgan fingerprint density at radius 3 is 2.83 bits per heavy atom. The smallest absolute Gasteiger partial charge is 0.326 e. The molecule has 126 valence electrons. The highest BCUT2D eigenvalue weighted by atomic mass is 16.4. The number of hydrogen-bond donors (Lipinski definition) is 2. The molecule has 0 saturated carbocycles. The summed E-state index contributed by atoms with van der Waals surface area (Å²) in [6.07, 6.45) is 3.75. The molecule has 24 heavy (non-hydrogen) atoms. The maximum absolute atomic E-state index is 12.5. The fourth-order valence-corrected chi connectivity index (χ4v) is 3.35. The minimum atomic E-state index is -0.995. The second-order valence-corrected chi connectivity index (χ2v) is 6.02. The Morgan fingerprint density at radius 1 is 1.38 bits per heavy atom. The summed E-state index contributed by atoms with van der Waals surface area (Å²) in [5.74, 6) is -1.35. The normalized spacial score (nSPS) is 18.7. The molecule has 7 nitrogen and oxygen atoms in total. The van der Waals surface area contributed by atoms with Gasteiger partial charge in [-0.15, -0.1) is 0 Å². The van der Waals surface area contributed by atoms with Crippen LogP contribution in [0.15, 0.2) is 30.5 Å². The summed E-state index contributed by atoms with van der Waals surface area (Å²) >= 11 is 0. The van der Waals surface area contributed by atoms with Crippen LogP contribution in [0.5, 0.6) is 0 Å². The fraction of sp³-hybridized carbons (Fsp3) is 0.353. The molecule has 0 radical (unpaired) electrons. The Hall–Kier alpha value is -2.67. The highest BCUT2D eigenvalue weighted by Crippen LogP contribution is 2.23. The van der Waals surface area contributed by atoms with E-state index >= 15 is 0 Å². The van der Waals surface area contributed by atoms with Crippen molar-refractivity contribution in [2.24, 2.45) is 5.73 Å². The number of aromatic nitrogens is 1. The van der Waals surface area contributed by atoms with Gasteiger partial charge >= 0.3 is 5.97 Å². The van der Waals surface area contributed by atoms with E-state index in [-0.39, 0.29) is 12.3 Å². The number of para-hydroxylation sites is 1. The lowest BCUT2D eigenvalue weighted by atomic mass is 10.0. The molecule has 3 N–H and O–H groups in total. The monoisotopic (exact) mass is 329 g/mol. The van der Waals surface area contributed by atoms with E-state index in [0.29, 0.717) is 25.8 Å². The van der Waals surface area contributed by atoms with Gasteiger partial charge in [0.25, 0.3) is 0 Å². The number of rotatable bonds is 5. The van der Waals surface area contributed by atoms with E-state index in [1.807, 2.05) is 24.3 Å². The van der Waals surface area contributed by atoms with Crippen LogP contribution in [-0.4, -0.2) is 51.5 Å². The van der Waals surface area contributed by atoms with Crippen molar-refractivity contribution in [1.29, 1.82) is 0 Å². The average Bonchev–Trinajstić information content (AvgIpc) is 3.19. The Balaban J connectivity index is 1.82. The number of fused-ring (bicyclic) bond motifs is 1. The first-order valence-electron chi connectivity index (χ1n) is 7.85. The first-order chi connectivity index (χ1) is 11.5. The van der Waals surface area contributed by atoms with Crippen molar-refractivity contribution in [3.63, 3.8) is 0 Å². The van der Waals surface area contributed by atoms with Crippen molar-refractivity contribution in [3.05, 3.63) is 36.0 Å². The number of carboxylic acids is 1. The Bertz CT molecular complexity index is 798. The van der Waals surface area contributed by atoms with E-state index in [4.69, 9.17) is 5.73 Å². The molecular weight excluding hydrogens is 310 g/mol. The summed E-state index contributed by atoms with van der Waals surface area (Å²) in [6, 6.07) is 5.75. The number of aliphatic carboxylic acids is 1. The van der Waals surface area contributed by atoms with E-state index in [1.54, 1.807) is 6.20 Å². The molecule has 1 fully saturated rings. The Kier molecular flexibility index (Phi) is 4.35. The zero-order valence-corrected chi connectivity index (χ0v) is 13.1. The molecule has 0 aliphatic carbocycles. The van der Waals surface area contributed by atoms with E-state index in [9.17, 15) is 19.5 Å². The van der Waals surface area contributed by atoms with Gasteiger partial charge in [-0.1, -0.05) is 18.2 Å². The number of nitrogens with zero attached hydrogens (tertiary/aromatic N) is 2. The summed E-state index contributed by atoms with van der Waals surface area (Å²) in [4.78, 5) is 36.3. The Morgan fingerprint density at radius 2 is 2.12 bits per heavy atom. The summed E-state index contributed by atoms with van der Waals surface area (Å²) in [7, 11) is 0. The van der Waals surface area contributed by atoms with Crippen molar-refractivity contribution in [2.45, 2.75) is 31.3 Å². The minimum Gasteiger partial charge on any atom is -0.480 e. The van der Waals surface area contributed by atoms with Crippen LogP contribution in [0, 0.1) is 0 Å². The van der Waals surface area contributed by atoms with E-state index in [2.05, 4.69) is 0 Å². The molecule has 1 amide bonds. The van der Waals surface area contributed by atoms with Crippen LogP contribution < -0.4 is 5.73 Å². The lowest BCUT2D eigenvalue weighted by Gasteiger charge is -2.24. The zero-order chi connectivity index (χ0) is 17.3. The lowest BCUT2D eigenvalue weighted by molar-refractivity contribution is -0.148. The van der Waals surface area contributed by atoms with Gasteiger partial charge in [0.2, 0.25) is 12.3 Å². The summed E-state index contributed by atoms with van der Waals surface area (Å²) in [5.41, 5.74) is 7.60. The van der Waals surface area contributed by atoms with Crippen LogP contribution in [0.3, 0.4) is 0 Å². The number of benzene rings is 1. The molecule has 2 atom stereocenters. The maximum atomic E-state index is 12.5. The Labute approximate surface area is 138 Å². The van der Waals surface area contributed by atoms with Gasteiger partial charge in [0.1, 0.15) is 6.04 Å². The second-order valence-electron chi connectivity index (χ2n) is 6.02. The predicted molar refractivity (Wildman–Crippen MR) is 88.1 cm³/mol. The molecule has 1 aliphatic rings. The summed E-state index contributed by atoms with van der Waals surface area (Å²) in [6.45, 7) is 0.416. The first kappa shape index (κ1) is 16.2. The zero-order valence-electron chi connectivity index (χ0n) is 13.1. The van der Waals surface area contributed by atoms with Crippen LogP contribution in [0.2, 0.25) is 0 Å². The van der Waals surface area contributed by atoms with Gasteiger partial charge in [-0.3, -0.25) is 14.2 Å². The quantitative estimate of drug-likeness (QED) is 0.783. The van der Waals surface area contributed by atoms with Crippen LogP contribution in [0.4, 0.5) is 0 Å². The molecule has 2 heterocycles. The molecule has 0 bridgehead atoms. The lowest BCUT2D eigenvalue weighted by Crippen LogP contribution is -2.49. The van der Waals surface area contributed by atoms with Crippen LogP contribution in [0.25, 0.3) is 10.9 Å². The molecule has 1 aromatic carbocycles. The fourth-order valence-electron chi connectivity index (χ4n) is 3.35. The van der Waals surface area contributed by atoms with Gasteiger partial charge in [-0.25, -0.2) is 4.79 Å². The molecule has 7 heteroatoms. The number of carbonyl (C=O) groups excluding carboxylic acids is 2. The third-order valence-electron chi connectivity index (χ3n) is 4.51. The highest BCUT2D eigenvalue weighted by Gasteiger charge is 2.36. The summed E-state index contributed by atoms with van der Waals surface area (Å²) < 4.78 is 1.46. The standard InChI is InChI=1S/C17H19N3O4/c18-13(16(22)20-7-3-6-15(20)17(23)24)8-11-9-19(10-21)14-5-2-1-4-12(11)14/h1-2,4-5,9-10,13,15H,3,6-8,18H2,(H,23,24)/t13-,15+/m1/s1. The first-order valence-corrected chi connectivity index (χ1v) is 7.85. The molecule has 3 rings (SSSR count). The van der Waals surface area contributed by atoms with Crippen molar-refractivity contribution in [3.8, 4) is 0 Å². The third-order valence-corrected chi connectivity index (χ3v) is 4.51. The third kappa shape index (κ3) is 2.78. The van der Waals surface area contributed by atoms with Crippen molar-refractivity contribution in [1.82, 2.24) is 9.47 Å². The number of amides is 1. The second kappa shape index (κ2) is 6.45. The van der Waals surface area contributed by atoms with Gasteiger partial charge in [0.05, 0.1) is 11.6 Å². The van der Waals surface area contributed by atoms with E-state index < -0.39 is 18.1 Å². The minimum absolute atomic E-state index is 0.253. The van der Waals surface area contributed by atoms with Gasteiger partial charge < -0.3 is 15.7 Å². The van der Waals surface area contributed by atoms with Gasteiger partial charge in [-0.2, -0.15) is 0 Å². The summed E-state index contributed by atoms with van der Waals surface area (Å²) in [5, 5.41) is 10.1. The van der Waals surface area contributed by atoms with Crippen molar-refractivity contribution < 1.29 is 19.5 Å². The number of hydrogen-bond acceptors (Lipinski definition) is 4. The van der Waals surface area contributed by atoms with Crippen molar-refractivity contribution in [2.75, 3.05) is 6.54 Å². The molecule has 0 spiro atoms. The highest BCUT2D eigenvalue weighted by molar-refractivity contribution is 5.91. The van der Waals surface area contributed by atoms with Crippen LogP contribution in [0.1, 0.15) is 18.4 Å². The van der Waals surface area contributed by atoms with Crippen molar-refractivity contribution >= 4 is 29.2 Å². The average molecular weight is 329 g/mol. The number of nitrogens with two attached hydrogens (primary N) is 1. The molecule has 1 aromatic heterocycles. The maximum Gasteiger partial charge on any atom is 0.326 e. The number of carboxylic acid groups (broad SMARTS) is 1. The SMILES string of the molecule is N[C@H](Cc1cn(C=O)c2ccccc12)C(=O)N1CCC[C@H]1C(=O)O. The molecule has 1 saturated heterocycles. The van der Waals surface area contributed by atoms with Crippen LogP contribution in [-0.2, 0) is 20.8 Å². The number of likely N-dealkylation sites (tertiary alicyclic amines) is 1. The molecular formula is C17H19N3O4. The van der Waals surface area contributed by atoms with E-state index in [1.165, 1.54) is 9.47 Å². The molecule has 0 unspecified atom stereocenters. The van der Waals surface area contributed by atoms with E-state index in [0.717, 1.165) is 16.5 Å². The predicted octanol–water partition coefficient (Wildman–Crippen LogP) is 0.625. The number of carbonyl (C=O) groups is 3. The van der Waals surface area contributed by atoms with Crippen LogP contribution >= 0.6 is 0 Å². The largest absolute Gasteiger partial charge is 0.480 e. The van der Waals surface area contributed by atoms with Gasteiger partial charge in [0, 0.05) is 18.1 Å².